The van der Waals surface area contributed by atoms with Crippen molar-refractivity contribution in [2.24, 2.45) is 0 Å². The molecule has 0 aromatic heterocycles. The number of nitrogen functional groups attached to an aromatic ring is 1. The van der Waals surface area contributed by atoms with Crippen LogP contribution in [-0.4, -0.2) is 20.9 Å². The fourth-order valence-electron chi connectivity index (χ4n) is 1.23. The molecule has 1 aromatic rings. The molecule has 7 heteroatoms. The summed E-state index contributed by atoms with van der Waals surface area (Å²) in [5.41, 5.74) is 6.60. The van der Waals surface area contributed by atoms with Crippen molar-refractivity contribution in [3.05, 3.63) is 29.8 Å². The largest absolute Gasteiger partial charge is 0.399 e. The van der Waals surface area contributed by atoms with Crippen LogP contribution in [0.5, 0.6) is 0 Å². The maximum Gasteiger partial charge on any atom is 0.207 e. The molecule has 0 bridgehead atoms. The third-order valence-corrected chi connectivity index (χ3v) is 8.69. The van der Waals surface area contributed by atoms with E-state index in [1.807, 2.05) is 0 Å². The van der Waals surface area contributed by atoms with E-state index < -0.39 is 17.6 Å². The van der Waals surface area contributed by atoms with Crippen molar-refractivity contribution in [3.63, 3.8) is 0 Å². The summed E-state index contributed by atoms with van der Waals surface area (Å²) in [4.78, 5) is 0. The predicted octanol–water partition coefficient (Wildman–Crippen LogP) is 2.22. The number of halogens is 2. The maximum absolute atomic E-state index is 11.9. The van der Waals surface area contributed by atoms with E-state index in [-0.39, 0.29) is 5.75 Å². The van der Waals surface area contributed by atoms with Gasteiger partial charge in [-0.25, -0.2) is 8.42 Å². The van der Waals surface area contributed by atoms with Crippen LogP contribution in [0.4, 0.5) is 5.69 Å². The first-order valence-corrected chi connectivity index (χ1v) is 8.38. The lowest BCUT2D eigenvalue weighted by Crippen LogP contribution is -2.33. The molecule has 2 unspecified atom stereocenters. The van der Waals surface area contributed by atoms with E-state index in [0.717, 1.165) is 0 Å². The van der Waals surface area contributed by atoms with Crippen LogP contribution in [0, 0.1) is 0 Å². The van der Waals surface area contributed by atoms with Gasteiger partial charge in [0.15, 0.2) is 9.84 Å². The average molecular weight is 434 g/mol. The number of rotatable bonds is 4. The molecule has 2 atom stereocenters. The zero-order chi connectivity index (χ0) is 13.3. The Bertz CT molecular complexity index is 487. The number of hydrogen-bond acceptors (Lipinski definition) is 4. The minimum Gasteiger partial charge on any atom is -0.399 e. The minimum atomic E-state index is -3.43. The van der Waals surface area contributed by atoms with Crippen molar-refractivity contribution in [2.45, 2.75) is 14.7 Å². The summed E-state index contributed by atoms with van der Waals surface area (Å²) >= 11 is 4.81. The molecule has 0 fully saturated rings. The third kappa shape index (κ3) is 3.12. The van der Waals surface area contributed by atoms with Gasteiger partial charge in [0, 0.05) is 11.4 Å². The molecular weight excluding hydrogens is 421 g/mol. The molecule has 0 spiro atoms. The molecule has 0 heterocycles. The Kier molecular flexibility index (Phi) is 4.84. The standard InChI is InChI=1S/C10H13BrINO3S/c1-2-17(15,16)10(11,12)9(14)7-3-5-8(13)6-4-7/h3-6,9,14H,2,13H2,1H3. The summed E-state index contributed by atoms with van der Waals surface area (Å²) in [7, 11) is -3.43. The Morgan fingerprint density at radius 1 is 1.47 bits per heavy atom. The lowest BCUT2D eigenvalue weighted by Gasteiger charge is -2.26. The van der Waals surface area contributed by atoms with Gasteiger partial charge in [0.2, 0.25) is 1.66 Å². The summed E-state index contributed by atoms with van der Waals surface area (Å²) < 4.78 is 22.3. The summed E-state index contributed by atoms with van der Waals surface area (Å²) in [5, 5.41) is 10.1. The molecule has 17 heavy (non-hydrogen) atoms. The second-order valence-electron chi connectivity index (χ2n) is 3.53. The van der Waals surface area contributed by atoms with Gasteiger partial charge in [-0.15, -0.1) is 0 Å². The Hall–Kier alpha value is 0.140. The van der Waals surface area contributed by atoms with Crippen molar-refractivity contribution < 1.29 is 13.5 Å². The normalized spacial score (nSPS) is 17.4. The number of sulfone groups is 1. The van der Waals surface area contributed by atoms with Crippen molar-refractivity contribution in [1.29, 1.82) is 0 Å². The highest BCUT2D eigenvalue weighted by atomic mass is 127. The van der Waals surface area contributed by atoms with Gasteiger partial charge in [-0.1, -0.05) is 35.0 Å². The van der Waals surface area contributed by atoms with Gasteiger partial charge < -0.3 is 10.8 Å². The van der Waals surface area contributed by atoms with E-state index in [1.54, 1.807) is 53.8 Å². The average Bonchev–Trinajstić information content (AvgIpc) is 2.28. The van der Waals surface area contributed by atoms with Crippen molar-refractivity contribution >= 4 is 54.0 Å². The molecule has 96 valence electrons. The van der Waals surface area contributed by atoms with Crippen LogP contribution < -0.4 is 5.73 Å². The third-order valence-electron chi connectivity index (χ3n) is 2.37. The van der Waals surface area contributed by atoms with E-state index in [9.17, 15) is 13.5 Å². The number of anilines is 1. The molecule has 1 rings (SSSR count). The molecule has 3 N–H and O–H groups in total. The second kappa shape index (κ2) is 5.41. The van der Waals surface area contributed by atoms with Crippen molar-refractivity contribution in [1.82, 2.24) is 0 Å². The number of aliphatic hydroxyl groups excluding tert-OH is 1. The first-order valence-electron chi connectivity index (χ1n) is 4.86. The summed E-state index contributed by atoms with van der Waals surface area (Å²) in [6.45, 7) is 1.54. The first-order chi connectivity index (χ1) is 7.72. The summed E-state index contributed by atoms with van der Waals surface area (Å²) in [5.74, 6) is -0.0484. The molecule has 0 radical (unpaired) electrons. The zero-order valence-electron chi connectivity index (χ0n) is 9.10. The van der Waals surface area contributed by atoms with Crippen LogP contribution >= 0.6 is 38.5 Å². The molecule has 0 aliphatic rings. The molecule has 0 aliphatic heterocycles. The molecule has 0 aliphatic carbocycles. The molecule has 1 aromatic carbocycles. The van der Waals surface area contributed by atoms with Gasteiger partial charge in [0.25, 0.3) is 0 Å². The summed E-state index contributed by atoms with van der Waals surface area (Å²) in [6, 6.07) is 6.47. The molecule has 0 saturated carbocycles. The highest BCUT2D eigenvalue weighted by Crippen LogP contribution is 2.45. The topological polar surface area (TPSA) is 80.4 Å². The SMILES string of the molecule is CCS(=O)(=O)C(Br)(I)C(O)c1ccc(N)cc1. The van der Waals surface area contributed by atoms with E-state index in [1.165, 1.54) is 0 Å². The number of aliphatic hydroxyl groups is 1. The Morgan fingerprint density at radius 3 is 2.35 bits per heavy atom. The Labute approximate surface area is 123 Å². The van der Waals surface area contributed by atoms with Crippen molar-refractivity contribution in [3.8, 4) is 0 Å². The lowest BCUT2D eigenvalue weighted by atomic mass is 10.1. The number of hydrogen-bond donors (Lipinski definition) is 2. The first kappa shape index (κ1) is 15.2. The van der Waals surface area contributed by atoms with E-state index in [0.29, 0.717) is 11.3 Å². The molecule has 0 saturated heterocycles. The number of nitrogens with two attached hydrogens (primary N) is 1. The van der Waals surface area contributed by atoms with Gasteiger partial charge in [0.05, 0.1) is 0 Å². The monoisotopic (exact) mass is 433 g/mol. The van der Waals surface area contributed by atoms with E-state index in [2.05, 4.69) is 15.9 Å². The molecule has 4 nitrogen and oxygen atoms in total. The van der Waals surface area contributed by atoms with Gasteiger partial charge in [-0.05, 0) is 40.3 Å². The Balaban J connectivity index is 3.12. The Morgan fingerprint density at radius 2 is 1.94 bits per heavy atom. The van der Waals surface area contributed by atoms with E-state index >= 15 is 0 Å². The fourth-order valence-corrected chi connectivity index (χ4v) is 4.34. The smallest absolute Gasteiger partial charge is 0.207 e. The molecule has 0 amide bonds. The van der Waals surface area contributed by atoms with Crippen molar-refractivity contribution in [2.75, 3.05) is 11.5 Å². The number of benzene rings is 1. The van der Waals surface area contributed by atoms with Crippen LogP contribution in [0.2, 0.25) is 0 Å². The number of alkyl halides is 2. The van der Waals surface area contributed by atoms with Crippen LogP contribution in [-0.2, 0) is 9.84 Å². The molecular formula is C10H13BrINO3S. The summed E-state index contributed by atoms with van der Waals surface area (Å²) in [6.07, 6.45) is -1.16. The highest BCUT2D eigenvalue weighted by molar-refractivity contribution is 14.1. The van der Waals surface area contributed by atoms with E-state index in [4.69, 9.17) is 5.73 Å². The van der Waals surface area contributed by atoms with Gasteiger partial charge in [0.1, 0.15) is 6.10 Å². The lowest BCUT2D eigenvalue weighted by molar-refractivity contribution is 0.191. The van der Waals surface area contributed by atoms with Crippen LogP contribution in [0.25, 0.3) is 0 Å². The van der Waals surface area contributed by atoms with Gasteiger partial charge >= 0.3 is 0 Å². The quantitative estimate of drug-likeness (QED) is 0.433. The predicted molar refractivity (Wildman–Crippen MR) is 81.0 cm³/mol. The van der Waals surface area contributed by atoms with Gasteiger partial charge in [-0.3, -0.25) is 0 Å². The highest BCUT2D eigenvalue weighted by Gasteiger charge is 2.44. The maximum atomic E-state index is 11.9. The van der Waals surface area contributed by atoms with Crippen LogP contribution in [0.15, 0.2) is 24.3 Å². The van der Waals surface area contributed by atoms with Crippen LogP contribution in [0.1, 0.15) is 18.6 Å². The van der Waals surface area contributed by atoms with Crippen LogP contribution in [0.3, 0.4) is 0 Å². The zero-order valence-corrected chi connectivity index (χ0v) is 13.7. The fraction of sp³-hybridized carbons (Fsp3) is 0.400. The second-order valence-corrected chi connectivity index (χ2v) is 11.7. The minimum absolute atomic E-state index is 0.0484. The van der Waals surface area contributed by atoms with Gasteiger partial charge in [-0.2, -0.15) is 0 Å².